The van der Waals surface area contributed by atoms with Crippen molar-refractivity contribution < 1.29 is 32.2 Å². The van der Waals surface area contributed by atoms with Crippen LogP contribution in [-0.4, -0.2) is 36.2 Å². The van der Waals surface area contributed by atoms with Crippen LogP contribution < -0.4 is 10.1 Å². The van der Waals surface area contributed by atoms with Gasteiger partial charge in [0.2, 0.25) is 0 Å². The number of alkyl halides is 3. The van der Waals surface area contributed by atoms with E-state index in [2.05, 4.69) is 5.32 Å². The number of carbonyl (C=O) groups is 2. The molecule has 0 aromatic heterocycles. The molecule has 9 heteroatoms. The number of methoxy groups -OCH3 is 1. The van der Waals surface area contributed by atoms with Gasteiger partial charge in [-0.15, -0.1) is 0 Å². The quantitative estimate of drug-likeness (QED) is 0.401. The number of anilines is 1. The number of fused-ring (bicyclic) bond motifs is 1. The van der Waals surface area contributed by atoms with Gasteiger partial charge in [-0.1, -0.05) is 24.3 Å². The number of hydrogen-bond acceptors (Lipinski definition) is 4. The Hall–Kier alpha value is -4.01. The molecule has 3 aromatic rings. The van der Waals surface area contributed by atoms with Crippen LogP contribution >= 0.6 is 0 Å². The van der Waals surface area contributed by atoms with Gasteiger partial charge < -0.3 is 19.7 Å². The van der Waals surface area contributed by atoms with Gasteiger partial charge in [0.05, 0.1) is 18.2 Å². The molecule has 0 atom stereocenters. The van der Waals surface area contributed by atoms with E-state index >= 15 is 0 Å². The van der Waals surface area contributed by atoms with Gasteiger partial charge in [0.1, 0.15) is 11.4 Å². The summed E-state index contributed by atoms with van der Waals surface area (Å²) < 4.78 is 50.0. The molecule has 0 radical (unpaired) electrons. The number of benzene rings is 3. The van der Waals surface area contributed by atoms with Crippen molar-refractivity contribution in [1.29, 1.82) is 0 Å². The Balaban J connectivity index is 1.56. The number of carbonyl (C=O) groups excluding carboxylic acids is 2. The molecule has 38 heavy (non-hydrogen) atoms. The lowest BCUT2D eigenvalue weighted by Gasteiger charge is -2.31. The Bertz CT molecular complexity index is 1350. The highest BCUT2D eigenvalue weighted by atomic mass is 19.4. The first-order valence-electron chi connectivity index (χ1n) is 12.1. The van der Waals surface area contributed by atoms with E-state index in [-0.39, 0.29) is 11.7 Å². The molecule has 1 aliphatic heterocycles. The molecular formula is C29H29F3N2O4. The summed E-state index contributed by atoms with van der Waals surface area (Å²) in [6.45, 7) is 6.37. The molecular weight excluding hydrogens is 497 g/mol. The lowest BCUT2D eigenvalue weighted by atomic mass is 9.96. The number of amides is 2. The van der Waals surface area contributed by atoms with E-state index in [0.717, 1.165) is 23.3 Å². The first-order chi connectivity index (χ1) is 17.9. The zero-order chi connectivity index (χ0) is 27.7. The van der Waals surface area contributed by atoms with E-state index in [9.17, 15) is 22.8 Å². The van der Waals surface area contributed by atoms with Crippen molar-refractivity contribution in [2.45, 2.75) is 45.5 Å². The van der Waals surface area contributed by atoms with Crippen molar-refractivity contribution in [2.24, 2.45) is 0 Å². The molecule has 1 N–H and O–H groups in total. The summed E-state index contributed by atoms with van der Waals surface area (Å²) in [5.41, 5.74) is 2.27. The molecule has 4 rings (SSSR count). The maximum Gasteiger partial charge on any atom is 0.416 e. The smallest absolute Gasteiger partial charge is 0.416 e. The van der Waals surface area contributed by atoms with E-state index in [1.807, 2.05) is 32.9 Å². The molecule has 3 aromatic carbocycles. The summed E-state index contributed by atoms with van der Waals surface area (Å²) >= 11 is 0. The SMILES string of the molecule is COc1cccc(C(=O)Nc2ccc3c(c2)CCN(C(=O)OC(C)(C)C)C3)c1-c1ccc(C(F)(F)F)cc1. The fraction of sp³-hybridized carbons (Fsp3) is 0.310. The zero-order valence-electron chi connectivity index (χ0n) is 21.6. The summed E-state index contributed by atoms with van der Waals surface area (Å²) in [5, 5.41) is 2.89. The molecule has 0 aliphatic carbocycles. The fourth-order valence-electron chi connectivity index (χ4n) is 4.33. The van der Waals surface area contributed by atoms with Gasteiger partial charge in [0.15, 0.2) is 0 Å². The lowest BCUT2D eigenvalue weighted by molar-refractivity contribution is -0.137. The molecule has 1 heterocycles. The van der Waals surface area contributed by atoms with E-state index in [0.29, 0.717) is 42.1 Å². The first-order valence-corrected chi connectivity index (χ1v) is 12.1. The van der Waals surface area contributed by atoms with Crippen LogP contribution in [0.25, 0.3) is 11.1 Å². The van der Waals surface area contributed by atoms with Crippen LogP contribution in [0.1, 0.15) is 47.8 Å². The highest BCUT2D eigenvalue weighted by Crippen LogP contribution is 2.36. The number of halogens is 3. The highest BCUT2D eigenvalue weighted by Gasteiger charge is 2.30. The third-order valence-corrected chi connectivity index (χ3v) is 6.12. The number of nitrogens with zero attached hydrogens (tertiary/aromatic N) is 1. The lowest BCUT2D eigenvalue weighted by Crippen LogP contribution is -2.39. The van der Waals surface area contributed by atoms with Crippen molar-refractivity contribution in [3.8, 4) is 16.9 Å². The van der Waals surface area contributed by atoms with Crippen LogP contribution in [0.4, 0.5) is 23.7 Å². The minimum atomic E-state index is -4.46. The number of rotatable bonds is 4. The number of hydrogen-bond donors (Lipinski definition) is 1. The molecule has 0 saturated carbocycles. The Kier molecular flexibility index (Phi) is 7.40. The second-order valence-corrected chi connectivity index (χ2v) is 10.0. The molecule has 0 bridgehead atoms. The molecule has 6 nitrogen and oxygen atoms in total. The van der Waals surface area contributed by atoms with Crippen LogP contribution in [0.15, 0.2) is 60.7 Å². The first kappa shape index (κ1) is 27.0. The predicted molar refractivity (Wildman–Crippen MR) is 138 cm³/mol. The average molecular weight is 527 g/mol. The summed E-state index contributed by atoms with van der Waals surface area (Å²) in [7, 11) is 1.44. The Labute approximate surface area is 219 Å². The minimum Gasteiger partial charge on any atom is -0.496 e. The fourth-order valence-corrected chi connectivity index (χ4v) is 4.33. The van der Waals surface area contributed by atoms with Crippen LogP contribution in [-0.2, 0) is 23.9 Å². The maximum absolute atomic E-state index is 13.3. The van der Waals surface area contributed by atoms with Gasteiger partial charge in [0, 0.05) is 24.3 Å². The topological polar surface area (TPSA) is 67.9 Å². The van der Waals surface area contributed by atoms with Gasteiger partial charge in [-0.25, -0.2) is 4.79 Å². The summed E-state index contributed by atoms with van der Waals surface area (Å²) in [6.07, 6.45) is -4.22. The molecule has 0 unspecified atom stereocenters. The van der Waals surface area contributed by atoms with Crippen LogP contribution in [0.5, 0.6) is 5.75 Å². The third-order valence-electron chi connectivity index (χ3n) is 6.12. The van der Waals surface area contributed by atoms with Crippen LogP contribution in [0.3, 0.4) is 0 Å². The standard InChI is InChI=1S/C29H29F3N2O4/c1-28(2,3)38-27(36)34-15-14-19-16-22(13-10-20(19)17-34)33-26(35)23-6-5-7-24(37-4)25(23)18-8-11-21(12-9-18)29(30,31)32/h5-13,16H,14-15,17H2,1-4H3,(H,33,35). The monoisotopic (exact) mass is 526 g/mol. The third kappa shape index (κ3) is 6.10. The largest absolute Gasteiger partial charge is 0.496 e. The van der Waals surface area contributed by atoms with Crippen molar-refractivity contribution in [2.75, 3.05) is 19.0 Å². The van der Waals surface area contributed by atoms with E-state index < -0.39 is 23.2 Å². The normalized spacial score (nSPS) is 13.5. The van der Waals surface area contributed by atoms with Crippen LogP contribution in [0, 0.1) is 0 Å². The summed E-state index contributed by atoms with van der Waals surface area (Å²) in [4.78, 5) is 27.4. The van der Waals surface area contributed by atoms with Gasteiger partial charge >= 0.3 is 12.3 Å². The molecule has 2 amide bonds. The second kappa shape index (κ2) is 10.4. The van der Waals surface area contributed by atoms with E-state index in [1.54, 1.807) is 29.2 Å². The van der Waals surface area contributed by atoms with E-state index in [4.69, 9.17) is 9.47 Å². The van der Waals surface area contributed by atoms with Crippen molar-refractivity contribution in [3.05, 3.63) is 82.9 Å². The summed E-state index contributed by atoms with van der Waals surface area (Å²) in [6, 6.07) is 15.0. The second-order valence-electron chi connectivity index (χ2n) is 10.0. The molecule has 0 saturated heterocycles. The van der Waals surface area contributed by atoms with Crippen LogP contribution in [0.2, 0.25) is 0 Å². The zero-order valence-corrected chi connectivity index (χ0v) is 21.6. The van der Waals surface area contributed by atoms with Crippen molar-refractivity contribution in [3.63, 3.8) is 0 Å². The Morgan fingerprint density at radius 2 is 1.66 bits per heavy atom. The van der Waals surface area contributed by atoms with E-state index in [1.165, 1.54) is 19.2 Å². The Morgan fingerprint density at radius 1 is 0.947 bits per heavy atom. The van der Waals surface area contributed by atoms with Gasteiger partial charge in [0.25, 0.3) is 5.91 Å². The Morgan fingerprint density at radius 3 is 2.29 bits per heavy atom. The van der Waals surface area contributed by atoms with Crippen molar-refractivity contribution in [1.82, 2.24) is 4.90 Å². The van der Waals surface area contributed by atoms with Gasteiger partial charge in [-0.3, -0.25) is 4.79 Å². The molecule has 200 valence electrons. The average Bonchev–Trinajstić information content (AvgIpc) is 2.86. The highest BCUT2D eigenvalue weighted by molar-refractivity contribution is 6.09. The maximum atomic E-state index is 13.3. The van der Waals surface area contributed by atoms with Gasteiger partial charge in [-0.2, -0.15) is 13.2 Å². The number of nitrogens with one attached hydrogen (secondary N) is 1. The molecule has 0 fully saturated rings. The molecule has 0 spiro atoms. The summed E-state index contributed by atoms with van der Waals surface area (Å²) in [5.74, 6) is -0.0602. The predicted octanol–water partition coefficient (Wildman–Crippen LogP) is 6.93. The van der Waals surface area contributed by atoms with Crippen molar-refractivity contribution >= 4 is 17.7 Å². The molecule has 1 aliphatic rings. The van der Waals surface area contributed by atoms with Gasteiger partial charge in [-0.05, 0) is 80.3 Å². The minimum absolute atomic E-state index is 0.262. The number of ether oxygens (including phenoxy) is 2.